The predicted octanol–water partition coefficient (Wildman–Crippen LogP) is 1.30. The number of ether oxygens (including phenoxy) is 1. The fraction of sp³-hybridized carbons (Fsp3) is 0.526. The van der Waals surface area contributed by atoms with Gasteiger partial charge in [-0.1, -0.05) is 6.07 Å². The predicted molar refractivity (Wildman–Crippen MR) is 97.5 cm³/mol. The summed E-state index contributed by atoms with van der Waals surface area (Å²) >= 11 is 0. The summed E-state index contributed by atoms with van der Waals surface area (Å²) in [6.07, 6.45) is 3.03. The maximum Gasteiger partial charge on any atom is 0.220 e. The lowest BCUT2D eigenvalue weighted by Gasteiger charge is -2.33. The molecule has 6 heteroatoms. The van der Waals surface area contributed by atoms with E-state index in [1.807, 2.05) is 24.4 Å². The summed E-state index contributed by atoms with van der Waals surface area (Å²) in [4.78, 5) is 17.4. The van der Waals surface area contributed by atoms with E-state index in [9.17, 15) is 9.90 Å². The van der Waals surface area contributed by atoms with E-state index in [0.29, 0.717) is 32.6 Å². The monoisotopic (exact) mass is 345 g/mol. The van der Waals surface area contributed by atoms with Crippen LogP contribution in [0.25, 0.3) is 10.9 Å². The van der Waals surface area contributed by atoms with Gasteiger partial charge < -0.3 is 20.1 Å². The standard InChI is InChI=1S/C19H27N3O3/c1-19(24,14-22-8-10-25-11-9-22)13-21-18(23)5-3-15-2-4-17-16(12-15)6-7-20-17/h2,4,6-7,12,20,24H,3,5,8-11,13-14H2,1H3,(H,21,23). The number of H-pyrrole nitrogens is 1. The highest BCUT2D eigenvalue weighted by Crippen LogP contribution is 2.15. The molecule has 1 aromatic carbocycles. The zero-order valence-corrected chi connectivity index (χ0v) is 14.8. The van der Waals surface area contributed by atoms with Crippen LogP contribution in [0.3, 0.4) is 0 Å². The van der Waals surface area contributed by atoms with Crippen molar-refractivity contribution in [3.8, 4) is 0 Å². The van der Waals surface area contributed by atoms with Crippen LogP contribution in [0.2, 0.25) is 0 Å². The number of hydrogen-bond donors (Lipinski definition) is 3. The number of carbonyl (C=O) groups is 1. The van der Waals surface area contributed by atoms with E-state index in [4.69, 9.17) is 4.74 Å². The number of aromatic nitrogens is 1. The van der Waals surface area contributed by atoms with Crippen LogP contribution in [0.15, 0.2) is 30.5 Å². The highest BCUT2D eigenvalue weighted by atomic mass is 16.5. The summed E-state index contributed by atoms with van der Waals surface area (Å²) in [5, 5.41) is 14.5. The second-order valence-corrected chi connectivity index (χ2v) is 7.06. The maximum absolute atomic E-state index is 12.1. The fourth-order valence-electron chi connectivity index (χ4n) is 3.19. The second-order valence-electron chi connectivity index (χ2n) is 7.06. The largest absolute Gasteiger partial charge is 0.387 e. The quantitative estimate of drug-likeness (QED) is 0.707. The molecular formula is C19H27N3O3. The zero-order valence-electron chi connectivity index (χ0n) is 14.8. The Bertz CT molecular complexity index is 705. The Morgan fingerprint density at radius 1 is 1.36 bits per heavy atom. The number of amides is 1. The molecule has 3 N–H and O–H groups in total. The number of aryl methyl sites for hydroxylation is 1. The van der Waals surface area contributed by atoms with Crippen molar-refractivity contribution >= 4 is 16.8 Å². The molecule has 1 amide bonds. The molecule has 6 nitrogen and oxygen atoms in total. The van der Waals surface area contributed by atoms with Gasteiger partial charge in [0, 0.05) is 44.3 Å². The van der Waals surface area contributed by atoms with Gasteiger partial charge in [-0.2, -0.15) is 0 Å². The molecule has 3 rings (SSSR count). The summed E-state index contributed by atoms with van der Waals surface area (Å²) < 4.78 is 5.31. The molecule has 0 spiro atoms. The molecule has 25 heavy (non-hydrogen) atoms. The SMILES string of the molecule is CC(O)(CNC(=O)CCc1ccc2[nH]ccc2c1)CN1CCOCC1. The number of benzene rings is 1. The molecule has 1 fully saturated rings. The van der Waals surface area contributed by atoms with Crippen LogP contribution >= 0.6 is 0 Å². The second kappa shape index (κ2) is 7.99. The van der Waals surface area contributed by atoms with Crippen molar-refractivity contribution in [3.05, 3.63) is 36.0 Å². The number of morpholine rings is 1. The Morgan fingerprint density at radius 2 is 2.16 bits per heavy atom. The van der Waals surface area contributed by atoms with Gasteiger partial charge in [-0.3, -0.25) is 9.69 Å². The van der Waals surface area contributed by atoms with Crippen LogP contribution in [0, 0.1) is 0 Å². The summed E-state index contributed by atoms with van der Waals surface area (Å²) in [6, 6.07) is 8.21. The molecule has 1 atom stereocenters. The highest BCUT2D eigenvalue weighted by molar-refractivity contribution is 5.80. The lowest BCUT2D eigenvalue weighted by Crippen LogP contribution is -2.51. The van der Waals surface area contributed by atoms with Crippen molar-refractivity contribution in [1.29, 1.82) is 0 Å². The molecule has 1 saturated heterocycles. The van der Waals surface area contributed by atoms with E-state index in [1.54, 1.807) is 6.92 Å². The zero-order chi connectivity index (χ0) is 17.7. The number of nitrogens with zero attached hydrogens (tertiary/aromatic N) is 1. The van der Waals surface area contributed by atoms with Gasteiger partial charge in [-0.25, -0.2) is 0 Å². The van der Waals surface area contributed by atoms with Gasteiger partial charge in [0.15, 0.2) is 0 Å². The number of rotatable bonds is 7. The first-order valence-corrected chi connectivity index (χ1v) is 8.87. The van der Waals surface area contributed by atoms with Crippen molar-refractivity contribution in [2.24, 2.45) is 0 Å². The molecular weight excluding hydrogens is 318 g/mol. The molecule has 1 aromatic heterocycles. The normalized spacial score (nSPS) is 18.2. The fourth-order valence-corrected chi connectivity index (χ4v) is 3.19. The number of β-amino-alcohol motifs (C(OH)–C–C–N with tert-alkyl or cyclic N) is 1. The molecule has 136 valence electrons. The van der Waals surface area contributed by atoms with E-state index in [0.717, 1.165) is 29.6 Å². The Kier molecular flexibility index (Phi) is 5.73. The summed E-state index contributed by atoms with van der Waals surface area (Å²) in [5.41, 5.74) is 1.31. The minimum absolute atomic E-state index is 0.0311. The number of aromatic amines is 1. The molecule has 0 radical (unpaired) electrons. The molecule has 1 aliphatic rings. The first-order chi connectivity index (χ1) is 12.0. The minimum atomic E-state index is -0.933. The Labute approximate surface area is 148 Å². The first kappa shape index (κ1) is 17.9. The van der Waals surface area contributed by atoms with E-state index in [2.05, 4.69) is 21.3 Å². The van der Waals surface area contributed by atoms with Crippen molar-refractivity contribution in [1.82, 2.24) is 15.2 Å². The number of fused-ring (bicyclic) bond motifs is 1. The molecule has 2 aromatic rings. The molecule has 0 saturated carbocycles. The Balaban J connectivity index is 1.42. The van der Waals surface area contributed by atoms with Crippen molar-refractivity contribution in [2.75, 3.05) is 39.4 Å². The third-order valence-electron chi connectivity index (χ3n) is 4.59. The van der Waals surface area contributed by atoms with Gasteiger partial charge in [0.2, 0.25) is 5.91 Å². The maximum atomic E-state index is 12.1. The van der Waals surface area contributed by atoms with Crippen LogP contribution in [0.4, 0.5) is 0 Å². The third-order valence-corrected chi connectivity index (χ3v) is 4.59. The summed E-state index contributed by atoms with van der Waals surface area (Å²) in [7, 11) is 0. The Hall–Kier alpha value is -1.89. The van der Waals surface area contributed by atoms with Crippen molar-refractivity contribution in [3.63, 3.8) is 0 Å². The number of hydrogen-bond acceptors (Lipinski definition) is 4. The van der Waals surface area contributed by atoms with Crippen LogP contribution in [0.1, 0.15) is 18.9 Å². The minimum Gasteiger partial charge on any atom is -0.387 e. The van der Waals surface area contributed by atoms with E-state index >= 15 is 0 Å². The molecule has 1 aliphatic heterocycles. The van der Waals surface area contributed by atoms with E-state index in [1.165, 1.54) is 0 Å². The smallest absolute Gasteiger partial charge is 0.220 e. The van der Waals surface area contributed by atoms with Crippen molar-refractivity contribution in [2.45, 2.75) is 25.4 Å². The Morgan fingerprint density at radius 3 is 2.96 bits per heavy atom. The van der Waals surface area contributed by atoms with Gasteiger partial charge >= 0.3 is 0 Å². The lowest BCUT2D eigenvalue weighted by molar-refractivity contribution is -0.122. The summed E-state index contributed by atoms with van der Waals surface area (Å²) in [5.74, 6) is -0.0311. The number of carbonyl (C=O) groups excluding carboxylic acids is 1. The van der Waals surface area contributed by atoms with Crippen LogP contribution < -0.4 is 5.32 Å². The van der Waals surface area contributed by atoms with Gasteiger partial charge in [-0.05, 0) is 42.5 Å². The van der Waals surface area contributed by atoms with Gasteiger partial charge in [0.25, 0.3) is 0 Å². The third kappa shape index (κ3) is 5.29. The number of aliphatic hydroxyl groups is 1. The van der Waals surface area contributed by atoms with Crippen LogP contribution in [-0.4, -0.2) is 65.9 Å². The molecule has 0 bridgehead atoms. The average Bonchev–Trinajstić information content (AvgIpc) is 3.06. The topological polar surface area (TPSA) is 77.6 Å². The molecule has 2 heterocycles. The van der Waals surface area contributed by atoms with Crippen LogP contribution in [-0.2, 0) is 16.0 Å². The van der Waals surface area contributed by atoms with Crippen molar-refractivity contribution < 1.29 is 14.6 Å². The number of nitrogens with one attached hydrogen (secondary N) is 2. The van der Waals surface area contributed by atoms with Gasteiger partial charge in [0.05, 0.1) is 18.8 Å². The van der Waals surface area contributed by atoms with E-state index in [-0.39, 0.29) is 12.5 Å². The van der Waals surface area contributed by atoms with Gasteiger partial charge in [-0.15, -0.1) is 0 Å². The first-order valence-electron chi connectivity index (χ1n) is 8.87. The average molecular weight is 345 g/mol. The molecule has 0 aliphatic carbocycles. The van der Waals surface area contributed by atoms with E-state index < -0.39 is 5.60 Å². The van der Waals surface area contributed by atoms with Gasteiger partial charge in [0.1, 0.15) is 0 Å². The molecule has 1 unspecified atom stereocenters. The van der Waals surface area contributed by atoms with Crippen LogP contribution in [0.5, 0.6) is 0 Å². The highest BCUT2D eigenvalue weighted by Gasteiger charge is 2.25. The summed E-state index contributed by atoms with van der Waals surface area (Å²) in [6.45, 7) is 5.63. The lowest BCUT2D eigenvalue weighted by atomic mass is 10.1.